The third-order valence-corrected chi connectivity index (χ3v) is 4.80. The van der Waals surface area contributed by atoms with Gasteiger partial charge in [-0.2, -0.15) is 9.64 Å². The van der Waals surface area contributed by atoms with E-state index in [-0.39, 0.29) is 0 Å². The zero-order valence-corrected chi connectivity index (χ0v) is 11.0. The number of nitriles is 1. The van der Waals surface area contributed by atoms with Crippen molar-refractivity contribution in [2.45, 2.75) is 37.8 Å². The topological polar surface area (TPSA) is 78.0 Å². The molecule has 0 spiro atoms. The van der Waals surface area contributed by atoms with Gasteiger partial charge in [-0.3, -0.25) is 4.90 Å². The fraction of sp³-hybridized carbons (Fsp3) is 0.667. The van der Waals surface area contributed by atoms with E-state index in [0.717, 1.165) is 11.4 Å². The van der Waals surface area contributed by atoms with Crippen molar-refractivity contribution in [2.75, 3.05) is 24.1 Å². The zero-order valence-electron chi connectivity index (χ0n) is 10.2. The Morgan fingerprint density at radius 3 is 3.11 bits per heavy atom. The number of nitrogens with zero attached hydrogens (tertiary/aromatic N) is 3. The molecule has 0 bridgehead atoms. The summed E-state index contributed by atoms with van der Waals surface area (Å²) in [7, 11) is 0. The number of hydrogen-bond donors (Lipinski definition) is 2. The highest BCUT2D eigenvalue weighted by atomic mass is 32.1. The van der Waals surface area contributed by atoms with Crippen LogP contribution in [-0.4, -0.2) is 34.4 Å². The van der Waals surface area contributed by atoms with Crippen molar-refractivity contribution in [3.63, 3.8) is 0 Å². The Morgan fingerprint density at radius 1 is 1.39 bits per heavy atom. The molecule has 0 radical (unpaired) electrons. The maximum absolute atomic E-state index is 9.08. The molecule has 0 aliphatic carbocycles. The highest BCUT2D eigenvalue weighted by molar-refractivity contribution is 7.10. The first-order valence-electron chi connectivity index (χ1n) is 6.45. The Labute approximate surface area is 111 Å². The lowest BCUT2D eigenvalue weighted by atomic mass is 9.99. The summed E-state index contributed by atoms with van der Waals surface area (Å²) < 4.78 is 4.05. The van der Waals surface area contributed by atoms with Gasteiger partial charge in [-0.25, -0.2) is 0 Å². The number of nitrogens with two attached hydrogens (primary N) is 1. The molecule has 0 aromatic carbocycles. The molecule has 2 unspecified atom stereocenters. The van der Waals surface area contributed by atoms with Crippen molar-refractivity contribution in [1.82, 2.24) is 9.27 Å². The second kappa shape index (κ2) is 4.75. The number of rotatable bonds is 2. The van der Waals surface area contributed by atoms with Crippen molar-refractivity contribution >= 4 is 22.4 Å². The molecule has 2 aliphatic rings. The highest BCUT2D eigenvalue weighted by Crippen LogP contribution is 2.32. The van der Waals surface area contributed by atoms with Gasteiger partial charge in [0.15, 0.2) is 5.82 Å². The fourth-order valence-corrected chi connectivity index (χ4v) is 3.82. The van der Waals surface area contributed by atoms with Gasteiger partial charge in [0.05, 0.1) is 0 Å². The van der Waals surface area contributed by atoms with Crippen LogP contribution < -0.4 is 11.1 Å². The van der Waals surface area contributed by atoms with Gasteiger partial charge in [-0.15, -0.1) is 0 Å². The molecule has 2 fully saturated rings. The lowest BCUT2D eigenvalue weighted by molar-refractivity contribution is 0.193. The van der Waals surface area contributed by atoms with Gasteiger partial charge in [0.1, 0.15) is 16.6 Å². The Bertz CT molecular complexity index is 477. The molecular weight excluding hydrogens is 246 g/mol. The standard InChI is InChI=1S/C12H17N5S/c13-7-8-11(14)16-18-12(8)15-9-4-6-17-5-2-1-3-10(9)17/h9-10,15H,1-6H2,(H2,14,16). The fourth-order valence-electron chi connectivity index (χ4n) is 3.09. The molecular formula is C12H17N5S. The molecule has 18 heavy (non-hydrogen) atoms. The lowest BCUT2D eigenvalue weighted by Gasteiger charge is -2.32. The third-order valence-electron chi connectivity index (χ3n) is 4.00. The van der Waals surface area contributed by atoms with E-state index < -0.39 is 0 Å². The molecule has 96 valence electrons. The predicted octanol–water partition coefficient (Wildman–Crippen LogP) is 1.64. The molecule has 0 saturated carbocycles. The summed E-state index contributed by atoms with van der Waals surface area (Å²) in [5, 5.41) is 13.4. The molecule has 1 aromatic rings. The van der Waals surface area contributed by atoms with Crippen LogP contribution in [0.15, 0.2) is 0 Å². The van der Waals surface area contributed by atoms with Crippen molar-refractivity contribution in [1.29, 1.82) is 5.26 Å². The number of nitrogen functional groups attached to an aromatic ring is 1. The van der Waals surface area contributed by atoms with E-state index in [9.17, 15) is 0 Å². The highest BCUT2D eigenvalue weighted by Gasteiger charge is 2.36. The summed E-state index contributed by atoms with van der Waals surface area (Å²) in [6.45, 7) is 2.39. The van der Waals surface area contributed by atoms with Crippen LogP contribution in [0.3, 0.4) is 0 Å². The SMILES string of the molecule is N#Cc1c(N)nsc1NC1CCN2CCCCC12. The summed E-state index contributed by atoms with van der Waals surface area (Å²) in [6.07, 6.45) is 5.04. The molecule has 6 heteroatoms. The Hall–Kier alpha value is -1.32. The predicted molar refractivity (Wildman–Crippen MR) is 72.5 cm³/mol. The molecule has 0 amide bonds. The summed E-state index contributed by atoms with van der Waals surface area (Å²) in [6, 6.07) is 3.20. The Morgan fingerprint density at radius 2 is 2.28 bits per heavy atom. The average Bonchev–Trinajstić information content (AvgIpc) is 2.95. The van der Waals surface area contributed by atoms with E-state index in [1.165, 1.54) is 43.9 Å². The Balaban J connectivity index is 1.75. The number of fused-ring (bicyclic) bond motifs is 1. The molecule has 2 aliphatic heterocycles. The van der Waals surface area contributed by atoms with E-state index in [2.05, 4.69) is 20.7 Å². The molecule has 5 nitrogen and oxygen atoms in total. The van der Waals surface area contributed by atoms with Gasteiger partial charge in [0.2, 0.25) is 0 Å². The van der Waals surface area contributed by atoms with Gasteiger partial charge < -0.3 is 11.1 Å². The molecule has 3 N–H and O–H groups in total. The first-order chi connectivity index (χ1) is 8.79. The minimum absolute atomic E-state index is 0.350. The number of nitrogens with one attached hydrogen (secondary N) is 1. The Kier molecular flexibility index (Phi) is 3.10. The molecule has 2 atom stereocenters. The summed E-state index contributed by atoms with van der Waals surface area (Å²) in [4.78, 5) is 2.57. The zero-order chi connectivity index (χ0) is 12.5. The largest absolute Gasteiger partial charge is 0.382 e. The summed E-state index contributed by atoms with van der Waals surface area (Å²) in [5.41, 5.74) is 6.19. The number of hydrogen-bond acceptors (Lipinski definition) is 6. The van der Waals surface area contributed by atoms with Crippen LogP contribution in [0.5, 0.6) is 0 Å². The van der Waals surface area contributed by atoms with E-state index >= 15 is 0 Å². The van der Waals surface area contributed by atoms with E-state index in [1.54, 1.807) is 0 Å². The maximum atomic E-state index is 9.08. The monoisotopic (exact) mass is 263 g/mol. The molecule has 3 heterocycles. The second-order valence-electron chi connectivity index (χ2n) is 5.02. The smallest absolute Gasteiger partial charge is 0.157 e. The average molecular weight is 263 g/mol. The van der Waals surface area contributed by atoms with Crippen LogP contribution in [0.25, 0.3) is 0 Å². The molecule has 2 saturated heterocycles. The van der Waals surface area contributed by atoms with Crippen LogP contribution in [0.4, 0.5) is 10.8 Å². The summed E-state index contributed by atoms with van der Waals surface area (Å²) >= 11 is 1.30. The first-order valence-corrected chi connectivity index (χ1v) is 7.23. The van der Waals surface area contributed by atoms with Crippen LogP contribution in [-0.2, 0) is 0 Å². The summed E-state index contributed by atoms with van der Waals surface area (Å²) in [5.74, 6) is 0.350. The van der Waals surface area contributed by atoms with Gasteiger partial charge in [0.25, 0.3) is 0 Å². The van der Waals surface area contributed by atoms with Crippen LogP contribution in [0.2, 0.25) is 0 Å². The number of aromatic nitrogens is 1. The van der Waals surface area contributed by atoms with Crippen molar-refractivity contribution in [3.05, 3.63) is 5.56 Å². The number of piperidine rings is 1. The quantitative estimate of drug-likeness (QED) is 0.848. The minimum atomic E-state index is 0.350. The molecule has 3 rings (SSSR count). The van der Waals surface area contributed by atoms with Crippen LogP contribution >= 0.6 is 11.5 Å². The maximum Gasteiger partial charge on any atom is 0.157 e. The third kappa shape index (κ3) is 1.93. The van der Waals surface area contributed by atoms with Gasteiger partial charge in [0, 0.05) is 18.6 Å². The van der Waals surface area contributed by atoms with E-state index in [4.69, 9.17) is 11.0 Å². The number of anilines is 2. The normalized spacial score (nSPS) is 27.7. The molecule has 1 aromatic heterocycles. The van der Waals surface area contributed by atoms with E-state index in [0.29, 0.717) is 23.5 Å². The van der Waals surface area contributed by atoms with Crippen molar-refractivity contribution < 1.29 is 0 Å². The first kappa shape index (κ1) is 11.8. The van der Waals surface area contributed by atoms with Gasteiger partial charge in [-0.05, 0) is 37.3 Å². The minimum Gasteiger partial charge on any atom is -0.382 e. The van der Waals surface area contributed by atoms with Crippen LogP contribution in [0.1, 0.15) is 31.2 Å². The van der Waals surface area contributed by atoms with Crippen LogP contribution in [0, 0.1) is 11.3 Å². The van der Waals surface area contributed by atoms with Crippen molar-refractivity contribution in [3.8, 4) is 6.07 Å². The van der Waals surface area contributed by atoms with Gasteiger partial charge in [-0.1, -0.05) is 6.42 Å². The lowest BCUT2D eigenvalue weighted by Crippen LogP contribution is -2.41. The van der Waals surface area contributed by atoms with Gasteiger partial charge >= 0.3 is 0 Å². The van der Waals surface area contributed by atoms with E-state index in [1.807, 2.05) is 0 Å². The van der Waals surface area contributed by atoms with Crippen molar-refractivity contribution in [2.24, 2.45) is 0 Å². The second-order valence-corrected chi connectivity index (χ2v) is 5.80.